The molecule has 24 heavy (non-hydrogen) atoms. The second-order valence-electron chi connectivity index (χ2n) is 7.75. The van der Waals surface area contributed by atoms with Gasteiger partial charge >= 0.3 is 5.97 Å². The molecule has 4 atom stereocenters. The van der Waals surface area contributed by atoms with Crippen LogP contribution in [0.15, 0.2) is 12.2 Å². The molecule has 4 heteroatoms. The third-order valence-electron chi connectivity index (χ3n) is 5.94. The Kier molecular flexibility index (Phi) is 7.08. The summed E-state index contributed by atoms with van der Waals surface area (Å²) in [6.07, 6.45) is 18.1. The minimum Gasteiger partial charge on any atom is -0.481 e. The molecule has 3 rings (SSSR count). The van der Waals surface area contributed by atoms with E-state index in [1.54, 1.807) is 0 Å². The van der Waals surface area contributed by atoms with Crippen molar-refractivity contribution in [1.29, 1.82) is 0 Å². The highest BCUT2D eigenvalue weighted by Gasteiger charge is 2.48. The Morgan fingerprint density at radius 2 is 1.88 bits per heavy atom. The molecular formula is C20H32O3S. The first-order valence-corrected chi connectivity index (χ1v) is 10.9. The maximum atomic E-state index is 10.5. The zero-order valence-corrected chi connectivity index (χ0v) is 15.5. The quantitative estimate of drug-likeness (QED) is 0.466. The number of rotatable bonds is 9. The van der Waals surface area contributed by atoms with Gasteiger partial charge in [0.1, 0.15) is 0 Å². The number of hydrogen-bond acceptors (Lipinski definition) is 3. The summed E-state index contributed by atoms with van der Waals surface area (Å²) in [5.74, 6) is 2.25. The van der Waals surface area contributed by atoms with E-state index in [9.17, 15) is 4.79 Å². The summed E-state index contributed by atoms with van der Waals surface area (Å²) in [7, 11) is 0. The molecule has 3 nitrogen and oxygen atoms in total. The van der Waals surface area contributed by atoms with Crippen LogP contribution in [0.2, 0.25) is 0 Å². The number of carboxylic acid groups (broad SMARTS) is 1. The normalized spacial score (nSPS) is 33.5. The summed E-state index contributed by atoms with van der Waals surface area (Å²) < 4.78 is 6.21. The van der Waals surface area contributed by atoms with Crippen molar-refractivity contribution in [2.75, 3.05) is 5.75 Å². The van der Waals surface area contributed by atoms with E-state index in [0.29, 0.717) is 23.4 Å². The predicted molar refractivity (Wildman–Crippen MR) is 99.4 cm³/mol. The second-order valence-corrected chi connectivity index (χ2v) is 8.96. The fraction of sp³-hybridized carbons (Fsp3) is 0.850. The highest BCUT2D eigenvalue weighted by Crippen LogP contribution is 2.47. The lowest BCUT2D eigenvalue weighted by molar-refractivity contribution is -0.137. The number of unbranched alkanes of at least 4 members (excludes halogenated alkanes) is 1. The van der Waals surface area contributed by atoms with E-state index in [2.05, 4.69) is 23.9 Å². The molecule has 2 aliphatic heterocycles. The Balaban J connectivity index is 1.42. The third kappa shape index (κ3) is 5.01. The van der Waals surface area contributed by atoms with Gasteiger partial charge in [0.05, 0.1) is 12.2 Å². The number of aliphatic carboxylic acids is 1. The Morgan fingerprint density at radius 3 is 2.67 bits per heavy atom. The maximum Gasteiger partial charge on any atom is 0.303 e. The Labute approximate surface area is 150 Å². The van der Waals surface area contributed by atoms with E-state index in [-0.39, 0.29) is 6.42 Å². The number of allylic oxidation sites excluding steroid dienone is 2. The van der Waals surface area contributed by atoms with Crippen molar-refractivity contribution < 1.29 is 14.6 Å². The Morgan fingerprint density at radius 1 is 1.08 bits per heavy atom. The summed E-state index contributed by atoms with van der Waals surface area (Å²) in [6, 6.07) is 0. The number of fused-ring (bicyclic) bond motifs is 2. The Bertz CT molecular complexity index is 431. The molecule has 2 heterocycles. The molecule has 1 saturated carbocycles. The molecule has 1 N–H and O–H groups in total. The van der Waals surface area contributed by atoms with E-state index < -0.39 is 5.97 Å². The minimum atomic E-state index is -0.691. The van der Waals surface area contributed by atoms with Crippen LogP contribution in [0.5, 0.6) is 0 Å². The van der Waals surface area contributed by atoms with Crippen LogP contribution >= 0.6 is 11.8 Å². The minimum absolute atomic E-state index is 0.279. The largest absolute Gasteiger partial charge is 0.481 e. The van der Waals surface area contributed by atoms with Crippen LogP contribution in [0.3, 0.4) is 0 Å². The van der Waals surface area contributed by atoms with E-state index >= 15 is 0 Å². The fourth-order valence-corrected chi connectivity index (χ4v) is 6.37. The average molecular weight is 353 g/mol. The van der Waals surface area contributed by atoms with Gasteiger partial charge in [0.15, 0.2) is 0 Å². The fourth-order valence-electron chi connectivity index (χ4n) is 4.59. The van der Waals surface area contributed by atoms with Crippen molar-refractivity contribution in [3.63, 3.8) is 0 Å². The molecule has 3 fully saturated rings. The molecule has 0 aromatic heterocycles. The van der Waals surface area contributed by atoms with Crippen molar-refractivity contribution in [2.45, 2.75) is 88.1 Å². The van der Waals surface area contributed by atoms with Crippen LogP contribution < -0.4 is 0 Å². The number of thioether (sulfide) groups is 1. The van der Waals surface area contributed by atoms with Gasteiger partial charge in [0.2, 0.25) is 0 Å². The lowest BCUT2D eigenvalue weighted by Gasteiger charge is -2.29. The van der Waals surface area contributed by atoms with Gasteiger partial charge in [-0.2, -0.15) is 11.8 Å². The molecule has 3 aliphatic rings. The Hall–Kier alpha value is -0.480. The predicted octanol–water partition coefficient (Wildman–Crippen LogP) is 5.05. The van der Waals surface area contributed by atoms with Gasteiger partial charge in [-0.1, -0.05) is 31.4 Å². The topological polar surface area (TPSA) is 46.5 Å². The molecule has 0 spiro atoms. The lowest BCUT2D eigenvalue weighted by Crippen LogP contribution is -2.30. The first-order chi connectivity index (χ1) is 11.7. The van der Waals surface area contributed by atoms with Crippen molar-refractivity contribution in [2.24, 2.45) is 11.8 Å². The van der Waals surface area contributed by atoms with Gasteiger partial charge < -0.3 is 9.84 Å². The summed E-state index contributed by atoms with van der Waals surface area (Å²) in [5.41, 5.74) is 0. The van der Waals surface area contributed by atoms with E-state index in [1.165, 1.54) is 50.7 Å². The smallest absolute Gasteiger partial charge is 0.303 e. The summed E-state index contributed by atoms with van der Waals surface area (Å²) in [6.45, 7) is 0. The van der Waals surface area contributed by atoms with Gasteiger partial charge in [-0.15, -0.1) is 0 Å². The van der Waals surface area contributed by atoms with Gasteiger partial charge in [0, 0.05) is 17.6 Å². The molecule has 0 unspecified atom stereocenters. The van der Waals surface area contributed by atoms with Crippen molar-refractivity contribution >= 4 is 17.7 Å². The van der Waals surface area contributed by atoms with Crippen LogP contribution in [-0.2, 0) is 9.53 Å². The van der Waals surface area contributed by atoms with Crippen molar-refractivity contribution in [3.05, 3.63) is 12.2 Å². The van der Waals surface area contributed by atoms with Gasteiger partial charge in [-0.3, -0.25) is 4.79 Å². The monoisotopic (exact) mass is 352 g/mol. The van der Waals surface area contributed by atoms with Crippen molar-refractivity contribution in [1.82, 2.24) is 0 Å². The van der Waals surface area contributed by atoms with Crippen LogP contribution in [0.1, 0.15) is 70.6 Å². The van der Waals surface area contributed by atoms with Crippen LogP contribution in [0.25, 0.3) is 0 Å². The lowest BCUT2D eigenvalue weighted by atomic mass is 9.86. The van der Waals surface area contributed by atoms with Crippen molar-refractivity contribution in [3.8, 4) is 0 Å². The number of carbonyl (C=O) groups is 1. The second kappa shape index (κ2) is 9.28. The summed E-state index contributed by atoms with van der Waals surface area (Å²) >= 11 is 2.20. The zero-order chi connectivity index (χ0) is 16.8. The van der Waals surface area contributed by atoms with Gasteiger partial charge in [-0.25, -0.2) is 0 Å². The number of hydrogen-bond donors (Lipinski definition) is 1. The first-order valence-electron chi connectivity index (χ1n) is 9.88. The van der Waals surface area contributed by atoms with Crippen LogP contribution in [0, 0.1) is 11.8 Å². The molecule has 0 aromatic carbocycles. The van der Waals surface area contributed by atoms with E-state index in [4.69, 9.17) is 9.84 Å². The number of carboxylic acids is 1. The molecule has 0 amide bonds. The van der Waals surface area contributed by atoms with Gasteiger partial charge in [-0.05, 0) is 56.6 Å². The molecule has 0 radical (unpaired) electrons. The SMILES string of the molecule is O=C(O)CCC/C=C\C[C@@H]1[C@@H](SCC2CCCCC2)[C@@H]2CC[C@H]1O2. The molecule has 2 saturated heterocycles. The molecule has 136 valence electrons. The van der Waals surface area contributed by atoms with E-state index in [0.717, 1.165) is 25.2 Å². The molecular weight excluding hydrogens is 320 g/mol. The highest BCUT2D eigenvalue weighted by molar-refractivity contribution is 8.00. The van der Waals surface area contributed by atoms with Crippen LogP contribution in [0.4, 0.5) is 0 Å². The molecule has 0 aromatic rings. The standard InChI is InChI=1S/C20H32O3S/c21-19(22)11-7-2-1-6-10-16-17-12-13-18(23-17)20(16)24-14-15-8-4-3-5-9-15/h1,6,15-18,20H,2-5,7-14H2,(H,21,22)/b6-1-/t16-,17+,18-,20+/m0/s1. The summed E-state index contributed by atoms with van der Waals surface area (Å²) in [5, 5.41) is 9.36. The average Bonchev–Trinajstić information content (AvgIpc) is 3.18. The first kappa shape index (κ1) is 18.3. The molecule has 1 aliphatic carbocycles. The molecule has 2 bridgehead atoms. The van der Waals surface area contributed by atoms with E-state index in [1.807, 2.05) is 0 Å². The number of ether oxygens (including phenoxy) is 1. The van der Waals surface area contributed by atoms with Crippen LogP contribution in [-0.4, -0.2) is 34.3 Å². The summed E-state index contributed by atoms with van der Waals surface area (Å²) in [4.78, 5) is 10.5. The maximum absolute atomic E-state index is 10.5. The zero-order valence-electron chi connectivity index (χ0n) is 14.7. The highest BCUT2D eigenvalue weighted by atomic mass is 32.2. The third-order valence-corrected chi connectivity index (χ3v) is 7.64. The van der Waals surface area contributed by atoms with Gasteiger partial charge in [0.25, 0.3) is 0 Å².